The van der Waals surface area contributed by atoms with Gasteiger partial charge in [0.05, 0.1) is 6.61 Å². The third-order valence-corrected chi connectivity index (χ3v) is 9.21. The molecule has 0 amide bonds. The number of allylic oxidation sites excluding steroid dienone is 12. The van der Waals surface area contributed by atoms with Crippen LogP contribution >= 0.6 is 0 Å². The van der Waals surface area contributed by atoms with Gasteiger partial charge in [0.1, 0.15) is 6.61 Å². The maximum absolute atomic E-state index is 12.5. The number of hydrogen-bond acceptors (Lipinski definition) is 5. The third-order valence-electron chi connectivity index (χ3n) is 9.21. The van der Waals surface area contributed by atoms with Crippen LogP contribution in [0.3, 0.4) is 0 Å². The Morgan fingerprint density at radius 2 is 0.870 bits per heavy atom. The van der Waals surface area contributed by atoms with Gasteiger partial charge in [-0.25, -0.2) is 0 Å². The number of carbonyl (C=O) groups is 2. The fourth-order valence-corrected chi connectivity index (χ4v) is 5.89. The predicted octanol–water partition coefficient (Wildman–Crippen LogP) is 14.8. The van der Waals surface area contributed by atoms with Gasteiger partial charge in [0, 0.05) is 19.4 Å². The van der Waals surface area contributed by atoms with Gasteiger partial charge in [-0.15, -0.1) is 0 Å². The largest absolute Gasteiger partial charge is 0.462 e. The number of ether oxygens (including phenoxy) is 3. The maximum atomic E-state index is 12.5. The molecule has 0 saturated carbocycles. The first-order valence-electron chi connectivity index (χ1n) is 22.5. The minimum absolute atomic E-state index is 0.0707. The zero-order valence-electron chi connectivity index (χ0n) is 35.5. The summed E-state index contributed by atoms with van der Waals surface area (Å²) in [5.41, 5.74) is 0. The van der Waals surface area contributed by atoms with Crippen LogP contribution in [0.25, 0.3) is 0 Å². The van der Waals surface area contributed by atoms with Crippen LogP contribution in [0.5, 0.6) is 0 Å². The third kappa shape index (κ3) is 42.1. The first-order chi connectivity index (χ1) is 26.6. The van der Waals surface area contributed by atoms with E-state index >= 15 is 0 Å². The van der Waals surface area contributed by atoms with Crippen molar-refractivity contribution in [2.75, 3.05) is 19.8 Å². The Hall–Kier alpha value is -2.66. The maximum Gasteiger partial charge on any atom is 0.306 e. The number of unbranched alkanes of at least 4 members (excludes halogenated alkanes) is 17. The Balaban J connectivity index is 4.09. The van der Waals surface area contributed by atoms with E-state index in [1.807, 2.05) is 0 Å². The number of hydrogen-bond donors (Lipinski definition) is 0. The molecule has 310 valence electrons. The summed E-state index contributed by atoms with van der Waals surface area (Å²) in [6.07, 6.45) is 56.4. The van der Waals surface area contributed by atoms with Crippen molar-refractivity contribution >= 4 is 11.9 Å². The summed E-state index contributed by atoms with van der Waals surface area (Å²) in [6.45, 7) is 7.53. The molecule has 0 rings (SSSR count). The molecule has 1 unspecified atom stereocenters. The van der Waals surface area contributed by atoms with E-state index in [2.05, 4.69) is 93.7 Å². The van der Waals surface area contributed by atoms with Gasteiger partial charge in [0.25, 0.3) is 0 Å². The smallest absolute Gasteiger partial charge is 0.306 e. The van der Waals surface area contributed by atoms with Crippen LogP contribution in [-0.4, -0.2) is 37.9 Å². The molecule has 0 fully saturated rings. The Morgan fingerprint density at radius 3 is 1.41 bits per heavy atom. The fourth-order valence-electron chi connectivity index (χ4n) is 5.89. The standard InChI is InChI=1S/C49H84O5/c1-4-7-10-13-15-17-19-21-22-23-24-25-26-27-29-31-33-35-38-41-44-52-45-47(54-49(51)43-40-36-12-9-6-3)46-53-48(50)42-39-37-34-32-30-28-20-18-16-14-11-8-5-2/h7,10-11,14-15,17-18,20-22,24-25,47H,4-6,8-9,12-13,16,19,23,26-46H2,1-3H3/b10-7-,14-11-,17-15-,20-18-,22-21-,25-24-. The number of esters is 2. The molecular weight excluding hydrogens is 669 g/mol. The van der Waals surface area contributed by atoms with Gasteiger partial charge in [-0.2, -0.15) is 0 Å². The molecule has 0 aromatic carbocycles. The summed E-state index contributed by atoms with van der Waals surface area (Å²) in [5, 5.41) is 0. The van der Waals surface area contributed by atoms with Crippen molar-refractivity contribution in [3.8, 4) is 0 Å². The molecule has 0 aliphatic heterocycles. The van der Waals surface area contributed by atoms with Gasteiger partial charge in [-0.1, -0.05) is 177 Å². The molecule has 0 N–H and O–H groups in total. The zero-order valence-corrected chi connectivity index (χ0v) is 35.5. The minimum atomic E-state index is -0.544. The van der Waals surface area contributed by atoms with Crippen molar-refractivity contribution in [2.45, 2.75) is 207 Å². The van der Waals surface area contributed by atoms with Gasteiger partial charge in [-0.3, -0.25) is 9.59 Å². The van der Waals surface area contributed by atoms with Gasteiger partial charge >= 0.3 is 11.9 Å². The van der Waals surface area contributed by atoms with E-state index in [1.54, 1.807) is 0 Å². The predicted molar refractivity (Wildman–Crippen MR) is 233 cm³/mol. The fraction of sp³-hybridized carbons (Fsp3) is 0.714. The average Bonchev–Trinajstić information content (AvgIpc) is 3.17. The molecule has 5 nitrogen and oxygen atoms in total. The van der Waals surface area contributed by atoms with Crippen molar-refractivity contribution in [1.82, 2.24) is 0 Å². The lowest BCUT2D eigenvalue weighted by atomic mass is 10.1. The molecule has 0 saturated heterocycles. The SMILES string of the molecule is CC/C=C\C/C=C\C/C=C\C/C=C\CCCCCCCCCOCC(COC(=O)CCCCCCC/C=C\C/C=C\CCC)OC(=O)CCCCCCC. The normalized spacial score (nSPS) is 12.9. The lowest BCUT2D eigenvalue weighted by Crippen LogP contribution is -2.30. The van der Waals surface area contributed by atoms with E-state index in [1.165, 1.54) is 77.0 Å². The number of rotatable bonds is 40. The minimum Gasteiger partial charge on any atom is -0.462 e. The van der Waals surface area contributed by atoms with E-state index in [4.69, 9.17) is 14.2 Å². The average molecular weight is 753 g/mol. The summed E-state index contributed by atoms with van der Waals surface area (Å²) in [4.78, 5) is 25.0. The van der Waals surface area contributed by atoms with Gasteiger partial charge in [0.15, 0.2) is 6.10 Å². The van der Waals surface area contributed by atoms with E-state index in [0.29, 0.717) is 19.4 Å². The van der Waals surface area contributed by atoms with E-state index in [-0.39, 0.29) is 25.2 Å². The lowest BCUT2D eigenvalue weighted by molar-refractivity contribution is -0.163. The molecule has 0 aromatic heterocycles. The van der Waals surface area contributed by atoms with Crippen molar-refractivity contribution in [2.24, 2.45) is 0 Å². The molecule has 0 heterocycles. The quantitative estimate of drug-likeness (QED) is 0.0354. The summed E-state index contributed by atoms with van der Waals surface area (Å²) >= 11 is 0. The van der Waals surface area contributed by atoms with Gasteiger partial charge in [-0.05, 0) is 83.5 Å². The van der Waals surface area contributed by atoms with E-state index < -0.39 is 6.10 Å². The molecule has 0 bridgehead atoms. The van der Waals surface area contributed by atoms with Crippen molar-refractivity contribution in [1.29, 1.82) is 0 Å². The second-order valence-electron chi connectivity index (χ2n) is 14.6. The highest BCUT2D eigenvalue weighted by Crippen LogP contribution is 2.12. The van der Waals surface area contributed by atoms with Crippen molar-refractivity contribution in [3.05, 3.63) is 72.9 Å². The lowest BCUT2D eigenvalue weighted by Gasteiger charge is -2.18. The molecule has 1 atom stereocenters. The van der Waals surface area contributed by atoms with Gasteiger partial charge in [0.2, 0.25) is 0 Å². The Bertz CT molecular complexity index is 988. The van der Waals surface area contributed by atoms with E-state index in [0.717, 1.165) is 89.9 Å². The second-order valence-corrected chi connectivity index (χ2v) is 14.6. The molecule has 0 spiro atoms. The molecule has 0 aliphatic rings. The summed E-state index contributed by atoms with van der Waals surface area (Å²) < 4.78 is 17.2. The van der Waals surface area contributed by atoms with Crippen LogP contribution in [0, 0.1) is 0 Å². The molecule has 0 radical (unpaired) electrons. The van der Waals surface area contributed by atoms with Crippen molar-refractivity contribution in [3.63, 3.8) is 0 Å². The summed E-state index contributed by atoms with van der Waals surface area (Å²) in [5.74, 6) is -0.436. The zero-order chi connectivity index (χ0) is 39.3. The van der Waals surface area contributed by atoms with Gasteiger partial charge < -0.3 is 14.2 Å². The highest BCUT2D eigenvalue weighted by molar-refractivity contribution is 5.70. The van der Waals surface area contributed by atoms with Crippen LogP contribution < -0.4 is 0 Å². The first-order valence-corrected chi connectivity index (χ1v) is 22.5. The first kappa shape index (κ1) is 51.3. The Kier molecular flexibility index (Phi) is 42.5. The van der Waals surface area contributed by atoms with Crippen LogP contribution in [-0.2, 0) is 23.8 Å². The molecule has 0 aromatic rings. The van der Waals surface area contributed by atoms with Crippen LogP contribution in [0.2, 0.25) is 0 Å². The van der Waals surface area contributed by atoms with Crippen LogP contribution in [0.1, 0.15) is 201 Å². The van der Waals surface area contributed by atoms with Crippen molar-refractivity contribution < 1.29 is 23.8 Å². The molecule has 54 heavy (non-hydrogen) atoms. The van der Waals surface area contributed by atoms with Crippen LogP contribution in [0.4, 0.5) is 0 Å². The Morgan fingerprint density at radius 1 is 0.426 bits per heavy atom. The molecule has 5 heteroatoms. The highest BCUT2D eigenvalue weighted by atomic mass is 16.6. The molecule has 0 aliphatic carbocycles. The highest BCUT2D eigenvalue weighted by Gasteiger charge is 2.17. The topological polar surface area (TPSA) is 61.8 Å². The Labute approximate surface area is 334 Å². The second kappa shape index (κ2) is 44.7. The van der Waals surface area contributed by atoms with Crippen LogP contribution in [0.15, 0.2) is 72.9 Å². The molecular formula is C49H84O5. The number of carbonyl (C=O) groups excluding carboxylic acids is 2. The van der Waals surface area contributed by atoms with E-state index in [9.17, 15) is 9.59 Å². The summed E-state index contributed by atoms with van der Waals surface area (Å²) in [6, 6.07) is 0. The summed E-state index contributed by atoms with van der Waals surface area (Å²) in [7, 11) is 0. The monoisotopic (exact) mass is 753 g/mol.